The van der Waals surface area contributed by atoms with Crippen molar-refractivity contribution in [2.75, 3.05) is 20.1 Å². The first-order valence-corrected chi connectivity index (χ1v) is 16.6. The Labute approximate surface area is 282 Å². The maximum absolute atomic E-state index is 14.5. The van der Waals surface area contributed by atoms with Crippen molar-refractivity contribution in [3.05, 3.63) is 36.3 Å². The molecule has 2 aliphatic heterocycles. The molecule has 0 spiro atoms. The number of carbonyl (C=O) groups is 4. The summed E-state index contributed by atoms with van der Waals surface area (Å²) < 4.78 is 20.6. The topological polar surface area (TPSA) is 142 Å². The molecule has 13 nitrogen and oxygen atoms in total. The van der Waals surface area contributed by atoms with Crippen LogP contribution in [0, 0.1) is 17.2 Å². The molecule has 2 fully saturated rings. The molecule has 14 heteroatoms. The summed E-state index contributed by atoms with van der Waals surface area (Å²) >= 11 is 0. The smallest absolute Gasteiger partial charge is 0.410 e. The van der Waals surface area contributed by atoms with Gasteiger partial charge in [0.1, 0.15) is 29.2 Å². The Bertz CT molecular complexity index is 1480. The average molecular weight is 671 g/mol. The number of likely N-dealkylation sites (tertiary alicyclic amines) is 2. The van der Waals surface area contributed by atoms with E-state index in [9.17, 15) is 23.6 Å². The highest BCUT2D eigenvalue weighted by molar-refractivity contribution is 5.92. The number of rotatable bonds is 8. The molecule has 0 aliphatic carbocycles. The van der Waals surface area contributed by atoms with E-state index in [2.05, 4.69) is 20.9 Å². The van der Waals surface area contributed by atoms with Crippen molar-refractivity contribution >= 4 is 23.9 Å². The molecular weight excluding hydrogens is 619 g/mol. The van der Waals surface area contributed by atoms with Gasteiger partial charge in [0.05, 0.1) is 18.3 Å². The van der Waals surface area contributed by atoms with E-state index in [1.165, 1.54) is 24.1 Å². The number of fused-ring (bicyclic) bond motifs is 1. The molecular formula is C34H51FN8O5. The summed E-state index contributed by atoms with van der Waals surface area (Å²) in [5, 5.41) is 14.5. The van der Waals surface area contributed by atoms with Crippen LogP contribution in [0.1, 0.15) is 68.7 Å². The molecule has 5 amide bonds. The van der Waals surface area contributed by atoms with Crippen LogP contribution in [-0.2, 0) is 20.9 Å². The fourth-order valence-electron chi connectivity index (χ4n) is 6.32. The van der Waals surface area contributed by atoms with E-state index in [0.717, 1.165) is 5.56 Å². The number of nitrogens with zero attached hydrogens (tertiary/aromatic N) is 6. The molecule has 264 valence electrons. The maximum Gasteiger partial charge on any atom is 0.410 e. The van der Waals surface area contributed by atoms with Gasteiger partial charge in [-0.15, -0.1) is 5.10 Å². The van der Waals surface area contributed by atoms with Crippen LogP contribution in [0.15, 0.2) is 30.5 Å². The zero-order chi connectivity index (χ0) is 35.7. The van der Waals surface area contributed by atoms with E-state index in [0.29, 0.717) is 31.7 Å². The second kappa shape index (κ2) is 14.1. The van der Waals surface area contributed by atoms with Crippen molar-refractivity contribution in [2.45, 2.75) is 111 Å². The lowest BCUT2D eigenvalue weighted by Gasteiger charge is -2.38. The van der Waals surface area contributed by atoms with Gasteiger partial charge < -0.3 is 25.2 Å². The van der Waals surface area contributed by atoms with E-state index in [1.54, 1.807) is 55.6 Å². The van der Waals surface area contributed by atoms with Crippen LogP contribution < -0.4 is 10.6 Å². The minimum absolute atomic E-state index is 0.0657. The predicted molar refractivity (Wildman–Crippen MR) is 178 cm³/mol. The summed E-state index contributed by atoms with van der Waals surface area (Å²) in [4.78, 5) is 58.8. The fourth-order valence-corrected chi connectivity index (χ4v) is 6.32. The van der Waals surface area contributed by atoms with Gasteiger partial charge in [0.2, 0.25) is 11.8 Å². The summed E-state index contributed by atoms with van der Waals surface area (Å²) in [5.41, 5.74) is -0.102. The highest BCUT2D eigenvalue weighted by Gasteiger charge is 2.53. The van der Waals surface area contributed by atoms with Crippen LogP contribution in [0.25, 0.3) is 11.3 Å². The molecule has 4 rings (SSSR count). The number of likely N-dealkylation sites (N-methyl/N-ethyl adjacent to an activating group) is 1. The van der Waals surface area contributed by atoms with Crippen LogP contribution in [-0.4, -0.2) is 110 Å². The predicted octanol–water partition coefficient (Wildman–Crippen LogP) is 3.89. The van der Waals surface area contributed by atoms with E-state index in [1.807, 2.05) is 39.5 Å². The number of nitrogens with one attached hydrogen (secondary N) is 2. The monoisotopic (exact) mass is 670 g/mol. The molecule has 0 bridgehead atoms. The van der Waals surface area contributed by atoms with Crippen molar-refractivity contribution in [1.82, 2.24) is 40.3 Å². The Morgan fingerprint density at radius 1 is 1.02 bits per heavy atom. The van der Waals surface area contributed by atoms with E-state index in [4.69, 9.17) is 4.74 Å². The molecule has 2 aromatic rings. The summed E-state index contributed by atoms with van der Waals surface area (Å²) in [6.45, 7) is 17.5. The summed E-state index contributed by atoms with van der Waals surface area (Å²) in [6.07, 6.45) is 1.72. The highest BCUT2D eigenvalue weighted by Crippen LogP contribution is 2.38. The standard InChI is InChI=1S/C34H51FN8O5/c1-20(2)36-31(46)43-18-23(17-41-19-25(38-39-41)22-11-13-24(35)14-12-22)27-26(43)15-16-42(27)30(45)28(33(4,5)6)37-29(44)21(3)40(10)32(47)48-34(7,8)9/h11-14,19-21,23,26-28H,15-18H2,1-10H3,(H,36,46)(H,37,44)/t21-,23-,26+,27+,28?/m0/s1. The zero-order valence-electron chi connectivity index (χ0n) is 29.8. The Kier molecular flexibility index (Phi) is 10.7. The molecule has 5 atom stereocenters. The third-order valence-electron chi connectivity index (χ3n) is 8.83. The van der Waals surface area contributed by atoms with Gasteiger partial charge in [-0.25, -0.2) is 14.0 Å². The minimum atomic E-state index is -0.908. The molecule has 2 saturated heterocycles. The van der Waals surface area contributed by atoms with Gasteiger partial charge in [-0.2, -0.15) is 0 Å². The number of urea groups is 1. The van der Waals surface area contributed by atoms with Gasteiger partial charge in [-0.3, -0.25) is 19.2 Å². The Hall–Kier alpha value is -4.23. The average Bonchev–Trinajstić information content (AvgIpc) is 3.70. The maximum atomic E-state index is 14.5. The molecule has 48 heavy (non-hydrogen) atoms. The van der Waals surface area contributed by atoms with E-state index >= 15 is 0 Å². The molecule has 2 aliphatic rings. The summed E-state index contributed by atoms with van der Waals surface area (Å²) in [7, 11) is 1.49. The Morgan fingerprint density at radius 3 is 2.25 bits per heavy atom. The van der Waals surface area contributed by atoms with Gasteiger partial charge in [-0.05, 0) is 77.6 Å². The Morgan fingerprint density at radius 2 is 1.67 bits per heavy atom. The highest BCUT2D eigenvalue weighted by atomic mass is 19.1. The number of hydrogen-bond donors (Lipinski definition) is 2. The molecule has 1 aromatic heterocycles. The molecule has 1 unspecified atom stereocenters. The van der Waals surface area contributed by atoms with E-state index < -0.39 is 35.1 Å². The van der Waals surface area contributed by atoms with Gasteiger partial charge >= 0.3 is 12.1 Å². The number of ether oxygens (including phenoxy) is 1. The molecule has 3 heterocycles. The van der Waals surface area contributed by atoms with Gasteiger partial charge in [0.25, 0.3) is 0 Å². The molecule has 1 aromatic carbocycles. The lowest BCUT2D eigenvalue weighted by atomic mass is 9.85. The first kappa shape index (κ1) is 36.6. The number of carbonyl (C=O) groups excluding carboxylic acids is 4. The van der Waals surface area contributed by atoms with Gasteiger partial charge in [0.15, 0.2) is 0 Å². The van der Waals surface area contributed by atoms with Crippen LogP contribution >= 0.6 is 0 Å². The zero-order valence-corrected chi connectivity index (χ0v) is 29.8. The first-order chi connectivity index (χ1) is 22.3. The first-order valence-electron chi connectivity index (χ1n) is 16.6. The molecule has 0 radical (unpaired) electrons. The SMILES string of the molecule is CC(C)NC(=O)N1C[C@H](Cn2cc(-c3ccc(F)cc3)nn2)[C@@H]2[C@H]1CCN2C(=O)C(NC(=O)[C@H](C)N(C)C(=O)OC(C)(C)C)C(C)(C)C. The van der Waals surface area contributed by atoms with Crippen molar-refractivity contribution in [3.63, 3.8) is 0 Å². The quantitative estimate of drug-likeness (QED) is 0.434. The summed E-state index contributed by atoms with van der Waals surface area (Å²) in [5.74, 6) is -1.26. The molecule has 2 N–H and O–H groups in total. The normalized spacial score (nSPS) is 20.7. The van der Waals surface area contributed by atoms with Gasteiger partial charge in [-0.1, -0.05) is 26.0 Å². The lowest BCUT2D eigenvalue weighted by Crippen LogP contribution is -2.60. The number of benzene rings is 1. The lowest BCUT2D eigenvalue weighted by molar-refractivity contribution is -0.141. The third-order valence-corrected chi connectivity index (χ3v) is 8.83. The summed E-state index contributed by atoms with van der Waals surface area (Å²) in [6, 6.07) is 3.37. The molecule has 0 saturated carbocycles. The number of amides is 5. The van der Waals surface area contributed by atoms with Crippen molar-refractivity contribution < 1.29 is 28.3 Å². The number of aromatic nitrogens is 3. The van der Waals surface area contributed by atoms with Crippen LogP contribution in [0.2, 0.25) is 0 Å². The van der Waals surface area contributed by atoms with Gasteiger partial charge in [0, 0.05) is 44.2 Å². The van der Waals surface area contributed by atoms with Crippen molar-refractivity contribution in [1.29, 1.82) is 0 Å². The minimum Gasteiger partial charge on any atom is -0.444 e. The third kappa shape index (κ3) is 8.43. The van der Waals surface area contributed by atoms with E-state index in [-0.39, 0.29) is 41.8 Å². The van der Waals surface area contributed by atoms with Crippen LogP contribution in [0.3, 0.4) is 0 Å². The van der Waals surface area contributed by atoms with Crippen LogP contribution in [0.5, 0.6) is 0 Å². The second-order valence-corrected chi connectivity index (χ2v) is 15.3. The van der Waals surface area contributed by atoms with Crippen molar-refractivity contribution in [3.8, 4) is 11.3 Å². The Balaban J connectivity index is 1.58. The number of hydrogen-bond acceptors (Lipinski definition) is 7. The second-order valence-electron chi connectivity index (χ2n) is 15.3. The largest absolute Gasteiger partial charge is 0.444 e. The number of halogens is 1. The van der Waals surface area contributed by atoms with Crippen LogP contribution in [0.4, 0.5) is 14.0 Å². The fraction of sp³-hybridized carbons (Fsp3) is 0.647. The van der Waals surface area contributed by atoms with Crippen molar-refractivity contribution in [2.24, 2.45) is 11.3 Å².